The number of aliphatic imine (C=N–C) groups is 1. The number of benzene rings is 2. The molecule has 2 aromatic rings. The van der Waals surface area contributed by atoms with Gasteiger partial charge in [0.15, 0.2) is 5.75 Å². The Kier molecular flexibility index (Phi) is 3.85. The fraction of sp³-hybridized carbons (Fsp3) is 0.278. The van der Waals surface area contributed by atoms with Gasteiger partial charge in [-0.3, -0.25) is 10.1 Å². The number of nitrogens with zero attached hydrogens (tertiary/aromatic N) is 4. The molecule has 0 saturated carbocycles. The van der Waals surface area contributed by atoms with Crippen molar-refractivity contribution in [1.82, 2.24) is 9.80 Å². The van der Waals surface area contributed by atoms with E-state index >= 15 is 0 Å². The van der Waals surface area contributed by atoms with Gasteiger partial charge in [-0.05, 0) is 25.2 Å². The maximum Gasteiger partial charge on any atom is 0.312 e. The van der Waals surface area contributed by atoms with Crippen molar-refractivity contribution >= 4 is 17.2 Å². The van der Waals surface area contributed by atoms with Crippen LogP contribution in [0.1, 0.15) is 5.56 Å². The van der Waals surface area contributed by atoms with E-state index in [0.29, 0.717) is 17.0 Å². The molecule has 0 aliphatic carbocycles. The normalized spacial score (nSPS) is 17.0. The summed E-state index contributed by atoms with van der Waals surface area (Å²) in [5.41, 5.74) is 1.30. The van der Waals surface area contributed by atoms with Gasteiger partial charge >= 0.3 is 5.69 Å². The van der Waals surface area contributed by atoms with Crippen LogP contribution in [-0.4, -0.2) is 53.8 Å². The second-order valence-corrected chi connectivity index (χ2v) is 6.21. The molecule has 4 rings (SSSR count). The van der Waals surface area contributed by atoms with Gasteiger partial charge in [0, 0.05) is 32.2 Å². The number of para-hydroxylation sites is 3. The highest BCUT2D eigenvalue weighted by molar-refractivity contribution is 6.04. The first-order valence-corrected chi connectivity index (χ1v) is 8.20. The number of likely N-dealkylation sites (N-methyl/N-ethyl adjacent to an activating group) is 1. The minimum Gasteiger partial charge on any atom is -0.447 e. The average Bonchev–Trinajstić information content (AvgIpc) is 2.78. The number of hydrogen-bond donors (Lipinski definition) is 0. The molecule has 0 radical (unpaired) electrons. The van der Waals surface area contributed by atoms with Crippen molar-refractivity contribution in [2.24, 2.45) is 4.99 Å². The molecule has 0 bridgehead atoms. The Bertz CT molecular complexity index is 857. The highest BCUT2D eigenvalue weighted by atomic mass is 16.6. The van der Waals surface area contributed by atoms with E-state index in [0.717, 1.165) is 32.0 Å². The summed E-state index contributed by atoms with van der Waals surface area (Å²) in [6.07, 6.45) is 0. The molecule has 0 aromatic heterocycles. The minimum absolute atomic E-state index is 0.0453. The van der Waals surface area contributed by atoms with Gasteiger partial charge < -0.3 is 14.5 Å². The van der Waals surface area contributed by atoms with Crippen LogP contribution in [0.15, 0.2) is 47.5 Å². The van der Waals surface area contributed by atoms with Crippen molar-refractivity contribution < 1.29 is 9.66 Å². The summed E-state index contributed by atoms with van der Waals surface area (Å²) < 4.78 is 5.94. The maximum absolute atomic E-state index is 11.5. The van der Waals surface area contributed by atoms with Gasteiger partial charge in [-0.15, -0.1) is 0 Å². The van der Waals surface area contributed by atoms with Gasteiger partial charge in [-0.2, -0.15) is 0 Å². The lowest BCUT2D eigenvalue weighted by Crippen LogP contribution is -2.47. The van der Waals surface area contributed by atoms with E-state index < -0.39 is 4.92 Å². The molecule has 7 nitrogen and oxygen atoms in total. The number of piperazine rings is 1. The molecular weight excluding hydrogens is 320 g/mol. The number of ether oxygens (including phenoxy) is 1. The summed E-state index contributed by atoms with van der Waals surface area (Å²) in [5, 5.41) is 11.5. The van der Waals surface area contributed by atoms with E-state index in [2.05, 4.69) is 16.8 Å². The molecule has 1 fully saturated rings. The molecular formula is C18H18N4O3. The van der Waals surface area contributed by atoms with Gasteiger partial charge in [0.2, 0.25) is 5.75 Å². The molecule has 1 saturated heterocycles. The molecule has 7 heteroatoms. The first-order valence-electron chi connectivity index (χ1n) is 8.20. The Morgan fingerprint density at radius 1 is 1.08 bits per heavy atom. The van der Waals surface area contributed by atoms with Gasteiger partial charge in [-0.25, -0.2) is 4.99 Å². The number of rotatable bonds is 1. The van der Waals surface area contributed by atoms with Crippen LogP contribution in [0.3, 0.4) is 0 Å². The zero-order chi connectivity index (χ0) is 17.4. The van der Waals surface area contributed by atoms with Crippen LogP contribution in [0.2, 0.25) is 0 Å². The lowest BCUT2D eigenvalue weighted by atomic mass is 10.1. The van der Waals surface area contributed by atoms with Crippen LogP contribution in [0.25, 0.3) is 0 Å². The fourth-order valence-corrected chi connectivity index (χ4v) is 3.13. The summed E-state index contributed by atoms with van der Waals surface area (Å²) >= 11 is 0. The van der Waals surface area contributed by atoms with Gasteiger partial charge in [0.25, 0.3) is 0 Å². The van der Waals surface area contributed by atoms with Crippen LogP contribution in [0.5, 0.6) is 11.5 Å². The van der Waals surface area contributed by atoms with Crippen LogP contribution < -0.4 is 4.74 Å². The van der Waals surface area contributed by atoms with Crippen molar-refractivity contribution in [2.75, 3.05) is 33.2 Å². The van der Waals surface area contributed by atoms with Crippen molar-refractivity contribution in [3.8, 4) is 11.5 Å². The van der Waals surface area contributed by atoms with E-state index in [-0.39, 0.29) is 11.4 Å². The molecule has 2 aliphatic heterocycles. The highest BCUT2D eigenvalue weighted by Gasteiger charge is 2.29. The molecule has 2 heterocycles. The molecule has 128 valence electrons. The molecule has 25 heavy (non-hydrogen) atoms. The predicted molar refractivity (Wildman–Crippen MR) is 94.9 cm³/mol. The number of hydrogen-bond acceptors (Lipinski definition) is 6. The standard InChI is InChI=1S/C18H18N4O3/c1-20-9-11-21(12-10-20)18-13-5-4-7-15(22(23)24)17(13)25-16-8-3-2-6-14(16)19-18/h2-8H,9-12H2,1H3. The smallest absolute Gasteiger partial charge is 0.312 e. The van der Waals surface area contributed by atoms with E-state index in [4.69, 9.17) is 9.73 Å². The third-order valence-corrected chi connectivity index (χ3v) is 4.54. The van der Waals surface area contributed by atoms with Crippen LogP contribution in [0.4, 0.5) is 11.4 Å². The maximum atomic E-state index is 11.5. The predicted octanol–water partition coefficient (Wildman–Crippen LogP) is 3.03. The van der Waals surface area contributed by atoms with E-state index in [9.17, 15) is 10.1 Å². The number of amidine groups is 1. The number of nitro groups is 1. The lowest BCUT2D eigenvalue weighted by Gasteiger charge is -2.34. The van der Waals surface area contributed by atoms with E-state index in [1.54, 1.807) is 12.1 Å². The van der Waals surface area contributed by atoms with Crippen LogP contribution in [0, 0.1) is 10.1 Å². The van der Waals surface area contributed by atoms with Gasteiger partial charge in [0.05, 0.1) is 10.5 Å². The Balaban J connectivity index is 1.88. The summed E-state index contributed by atoms with van der Waals surface area (Å²) in [7, 11) is 2.09. The minimum atomic E-state index is -0.408. The zero-order valence-electron chi connectivity index (χ0n) is 13.9. The Morgan fingerprint density at radius 2 is 1.84 bits per heavy atom. The summed E-state index contributed by atoms with van der Waals surface area (Å²) in [6, 6.07) is 12.4. The van der Waals surface area contributed by atoms with Crippen molar-refractivity contribution in [3.63, 3.8) is 0 Å². The monoisotopic (exact) mass is 338 g/mol. The third-order valence-electron chi connectivity index (χ3n) is 4.54. The average molecular weight is 338 g/mol. The second kappa shape index (κ2) is 6.18. The quantitative estimate of drug-likeness (QED) is 0.590. The van der Waals surface area contributed by atoms with Crippen LogP contribution >= 0.6 is 0 Å². The molecule has 2 aromatic carbocycles. The van der Waals surface area contributed by atoms with Crippen molar-refractivity contribution in [2.45, 2.75) is 0 Å². The van der Waals surface area contributed by atoms with E-state index in [1.807, 2.05) is 24.3 Å². The summed E-state index contributed by atoms with van der Waals surface area (Å²) in [4.78, 5) is 20.3. The fourth-order valence-electron chi connectivity index (χ4n) is 3.13. The second-order valence-electron chi connectivity index (χ2n) is 6.21. The van der Waals surface area contributed by atoms with Crippen molar-refractivity contribution in [3.05, 3.63) is 58.1 Å². The largest absolute Gasteiger partial charge is 0.447 e. The number of nitro benzene ring substituents is 1. The molecule has 0 N–H and O–H groups in total. The van der Waals surface area contributed by atoms with E-state index in [1.165, 1.54) is 6.07 Å². The third kappa shape index (κ3) is 2.83. The first kappa shape index (κ1) is 15.6. The van der Waals surface area contributed by atoms with Crippen molar-refractivity contribution in [1.29, 1.82) is 0 Å². The molecule has 0 amide bonds. The Labute approximate surface area is 145 Å². The molecule has 0 spiro atoms. The summed E-state index contributed by atoms with van der Waals surface area (Å²) in [5.74, 6) is 1.52. The highest BCUT2D eigenvalue weighted by Crippen LogP contribution is 2.42. The lowest BCUT2D eigenvalue weighted by molar-refractivity contribution is -0.385. The molecule has 2 aliphatic rings. The number of fused-ring (bicyclic) bond motifs is 2. The molecule has 0 unspecified atom stereocenters. The zero-order valence-corrected chi connectivity index (χ0v) is 13.9. The molecule has 0 atom stereocenters. The summed E-state index contributed by atoms with van der Waals surface area (Å²) in [6.45, 7) is 3.48. The SMILES string of the molecule is CN1CCN(C2=Nc3ccccc3Oc3c2cccc3[N+](=O)[O-])CC1. The first-order chi connectivity index (χ1) is 12.1. The van der Waals surface area contributed by atoms with Crippen LogP contribution in [-0.2, 0) is 0 Å². The topological polar surface area (TPSA) is 71.2 Å². The van der Waals surface area contributed by atoms with Gasteiger partial charge in [0.1, 0.15) is 11.5 Å². The Hall–Kier alpha value is -2.93. The Morgan fingerprint density at radius 3 is 2.60 bits per heavy atom. The van der Waals surface area contributed by atoms with Gasteiger partial charge in [-0.1, -0.05) is 18.2 Å².